The SMILES string of the molecule is Cc1noc(C)c1CN1CCCCC1C1CCCC1=O. The summed E-state index contributed by atoms with van der Waals surface area (Å²) in [5.41, 5.74) is 2.20. The molecule has 0 bridgehead atoms. The number of likely N-dealkylation sites (tertiary alicyclic amines) is 1. The lowest BCUT2D eigenvalue weighted by Gasteiger charge is -2.38. The second-order valence-electron chi connectivity index (χ2n) is 6.30. The van der Waals surface area contributed by atoms with Gasteiger partial charge in [0.05, 0.1) is 5.69 Å². The number of Topliss-reactive ketones (excluding diaryl/α,β-unsaturated/α-hetero) is 1. The van der Waals surface area contributed by atoms with Gasteiger partial charge in [-0.05, 0) is 46.1 Å². The Kier molecular flexibility index (Phi) is 3.92. The van der Waals surface area contributed by atoms with Crippen molar-refractivity contribution in [2.24, 2.45) is 5.92 Å². The molecule has 1 saturated carbocycles. The molecule has 1 saturated heterocycles. The van der Waals surface area contributed by atoms with Gasteiger partial charge in [-0.25, -0.2) is 0 Å². The van der Waals surface area contributed by atoms with Crippen LogP contribution in [0, 0.1) is 19.8 Å². The van der Waals surface area contributed by atoms with Crippen molar-refractivity contribution in [3.8, 4) is 0 Å². The van der Waals surface area contributed by atoms with E-state index in [9.17, 15) is 4.79 Å². The highest BCUT2D eigenvalue weighted by Gasteiger charge is 2.37. The van der Waals surface area contributed by atoms with Crippen molar-refractivity contribution in [2.45, 2.75) is 65.0 Å². The van der Waals surface area contributed by atoms with Crippen LogP contribution in [0.3, 0.4) is 0 Å². The number of nitrogens with zero attached hydrogens (tertiary/aromatic N) is 2. The van der Waals surface area contributed by atoms with Crippen LogP contribution in [0.15, 0.2) is 4.52 Å². The molecule has 110 valence electrons. The van der Waals surface area contributed by atoms with Crippen LogP contribution in [0.5, 0.6) is 0 Å². The molecular weight excluding hydrogens is 252 g/mol. The van der Waals surface area contributed by atoms with Gasteiger partial charge in [0, 0.05) is 30.5 Å². The van der Waals surface area contributed by atoms with Gasteiger partial charge in [-0.3, -0.25) is 9.69 Å². The maximum absolute atomic E-state index is 12.1. The summed E-state index contributed by atoms with van der Waals surface area (Å²) in [5, 5.41) is 4.05. The summed E-state index contributed by atoms with van der Waals surface area (Å²) >= 11 is 0. The zero-order valence-electron chi connectivity index (χ0n) is 12.5. The molecule has 0 amide bonds. The van der Waals surface area contributed by atoms with Crippen molar-refractivity contribution in [1.82, 2.24) is 10.1 Å². The van der Waals surface area contributed by atoms with E-state index in [1.165, 1.54) is 24.8 Å². The molecule has 1 aliphatic heterocycles. The molecular formula is C16H24N2O2. The molecule has 1 aromatic rings. The van der Waals surface area contributed by atoms with E-state index in [0.29, 0.717) is 11.8 Å². The van der Waals surface area contributed by atoms with Gasteiger partial charge in [0.25, 0.3) is 0 Å². The summed E-state index contributed by atoms with van der Waals surface area (Å²) in [6.45, 7) is 5.97. The summed E-state index contributed by atoms with van der Waals surface area (Å²) in [6.07, 6.45) is 6.62. The summed E-state index contributed by atoms with van der Waals surface area (Å²) in [5.74, 6) is 1.68. The van der Waals surface area contributed by atoms with E-state index in [2.05, 4.69) is 10.1 Å². The largest absolute Gasteiger partial charge is 0.361 e. The smallest absolute Gasteiger partial charge is 0.138 e. The van der Waals surface area contributed by atoms with Crippen LogP contribution in [-0.2, 0) is 11.3 Å². The highest BCUT2D eigenvalue weighted by Crippen LogP contribution is 2.33. The minimum atomic E-state index is 0.274. The van der Waals surface area contributed by atoms with E-state index >= 15 is 0 Å². The Morgan fingerprint density at radius 3 is 2.75 bits per heavy atom. The fourth-order valence-corrected chi connectivity index (χ4v) is 3.85. The molecule has 2 aliphatic rings. The van der Waals surface area contributed by atoms with Crippen molar-refractivity contribution >= 4 is 5.78 Å². The molecule has 2 fully saturated rings. The van der Waals surface area contributed by atoms with E-state index in [1.807, 2.05) is 13.8 Å². The standard InChI is InChI=1S/C16H24N2O2/c1-11-14(12(2)20-17-11)10-18-9-4-3-7-15(18)13-6-5-8-16(13)19/h13,15H,3-10H2,1-2H3. The van der Waals surface area contributed by atoms with Crippen LogP contribution in [0.2, 0.25) is 0 Å². The van der Waals surface area contributed by atoms with Crippen molar-refractivity contribution < 1.29 is 9.32 Å². The molecule has 4 heteroatoms. The van der Waals surface area contributed by atoms with Gasteiger partial charge in [0.15, 0.2) is 0 Å². The number of ketones is 1. The number of aromatic nitrogens is 1. The Hall–Kier alpha value is -1.16. The zero-order chi connectivity index (χ0) is 14.1. The van der Waals surface area contributed by atoms with E-state index in [0.717, 1.165) is 43.8 Å². The highest BCUT2D eigenvalue weighted by atomic mass is 16.5. The van der Waals surface area contributed by atoms with E-state index in [1.54, 1.807) is 0 Å². The Balaban J connectivity index is 1.77. The maximum atomic E-state index is 12.1. The number of piperidine rings is 1. The van der Waals surface area contributed by atoms with Crippen LogP contribution in [0.25, 0.3) is 0 Å². The molecule has 3 rings (SSSR count). The van der Waals surface area contributed by atoms with Crippen LogP contribution in [-0.4, -0.2) is 28.4 Å². The van der Waals surface area contributed by atoms with Gasteiger partial charge in [-0.2, -0.15) is 0 Å². The molecule has 0 spiro atoms. The van der Waals surface area contributed by atoms with E-state index in [4.69, 9.17) is 4.52 Å². The fourth-order valence-electron chi connectivity index (χ4n) is 3.85. The fraction of sp³-hybridized carbons (Fsp3) is 0.750. The summed E-state index contributed by atoms with van der Waals surface area (Å²) in [4.78, 5) is 14.6. The lowest BCUT2D eigenvalue weighted by atomic mass is 9.88. The first kappa shape index (κ1) is 13.8. The van der Waals surface area contributed by atoms with Gasteiger partial charge < -0.3 is 4.52 Å². The Labute approximate surface area is 120 Å². The second kappa shape index (κ2) is 5.68. The molecule has 20 heavy (non-hydrogen) atoms. The molecule has 1 aliphatic carbocycles. The third kappa shape index (κ3) is 2.53. The Morgan fingerprint density at radius 1 is 1.25 bits per heavy atom. The van der Waals surface area contributed by atoms with E-state index in [-0.39, 0.29) is 5.92 Å². The molecule has 0 aromatic carbocycles. The maximum Gasteiger partial charge on any atom is 0.138 e. The molecule has 4 nitrogen and oxygen atoms in total. The lowest BCUT2D eigenvalue weighted by Crippen LogP contribution is -2.45. The molecule has 2 unspecified atom stereocenters. The monoisotopic (exact) mass is 276 g/mol. The quantitative estimate of drug-likeness (QED) is 0.851. The van der Waals surface area contributed by atoms with Crippen LogP contribution in [0.4, 0.5) is 0 Å². The average Bonchev–Trinajstić information content (AvgIpc) is 3.00. The minimum Gasteiger partial charge on any atom is -0.361 e. The predicted molar refractivity (Wildman–Crippen MR) is 76.4 cm³/mol. The van der Waals surface area contributed by atoms with Crippen LogP contribution < -0.4 is 0 Å². The summed E-state index contributed by atoms with van der Waals surface area (Å²) in [6, 6.07) is 0.437. The van der Waals surface area contributed by atoms with Gasteiger partial charge in [-0.15, -0.1) is 0 Å². The van der Waals surface area contributed by atoms with Gasteiger partial charge in [0.1, 0.15) is 11.5 Å². The van der Waals surface area contributed by atoms with Gasteiger partial charge in [-0.1, -0.05) is 11.6 Å². The number of rotatable bonds is 3. The van der Waals surface area contributed by atoms with E-state index < -0.39 is 0 Å². The van der Waals surface area contributed by atoms with Crippen molar-refractivity contribution in [3.63, 3.8) is 0 Å². The van der Waals surface area contributed by atoms with Crippen LogP contribution in [0.1, 0.15) is 55.5 Å². The highest BCUT2D eigenvalue weighted by molar-refractivity contribution is 5.83. The van der Waals surface area contributed by atoms with Crippen molar-refractivity contribution in [3.05, 3.63) is 17.0 Å². The third-order valence-electron chi connectivity index (χ3n) is 5.02. The third-order valence-corrected chi connectivity index (χ3v) is 5.02. The molecule has 0 radical (unpaired) electrons. The normalized spacial score (nSPS) is 28.2. The average molecular weight is 276 g/mol. The van der Waals surface area contributed by atoms with Crippen molar-refractivity contribution in [1.29, 1.82) is 0 Å². The van der Waals surface area contributed by atoms with Crippen molar-refractivity contribution in [2.75, 3.05) is 6.54 Å². The summed E-state index contributed by atoms with van der Waals surface area (Å²) < 4.78 is 5.28. The molecule has 2 heterocycles. The first-order valence-electron chi connectivity index (χ1n) is 7.85. The number of hydrogen-bond acceptors (Lipinski definition) is 4. The van der Waals surface area contributed by atoms with Gasteiger partial charge >= 0.3 is 0 Å². The second-order valence-corrected chi connectivity index (χ2v) is 6.30. The molecule has 2 atom stereocenters. The number of hydrogen-bond donors (Lipinski definition) is 0. The number of carbonyl (C=O) groups is 1. The van der Waals surface area contributed by atoms with Gasteiger partial charge in [0.2, 0.25) is 0 Å². The lowest BCUT2D eigenvalue weighted by molar-refractivity contribution is -0.123. The summed E-state index contributed by atoms with van der Waals surface area (Å²) in [7, 11) is 0. The number of carbonyl (C=O) groups excluding carboxylic acids is 1. The topological polar surface area (TPSA) is 46.3 Å². The van der Waals surface area contributed by atoms with Crippen LogP contribution >= 0.6 is 0 Å². The number of aryl methyl sites for hydroxylation is 2. The predicted octanol–water partition coefficient (Wildman–Crippen LogP) is 3.02. The minimum absolute atomic E-state index is 0.274. The Bertz CT molecular complexity index is 475. The Morgan fingerprint density at radius 2 is 2.10 bits per heavy atom. The zero-order valence-corrected chi connectivity index (χ0v) is 12.5. The first-order valence-corrected chi connectivity index (χ1v) is 7.85. The molecule has 0 N–H and O–H groups in total. The first-order chi connectivity index (χ1) is 9.66. The molecule has 1 aromatic heterocycles.